The second kappa shape index (κ2) is 13.9. The van der Waals surface area contributed by atoms with E-state index in [9.17, 15) is 9.18 Å². The molecule has 3 N–H and O–H groups in total. The van der Waals surface area contributed by atoms with Gasteiger partial charge >= 0.3 is 5.97 Å². The van der Waals surface area contributed by atoms with Gasteiger partial charge in [-0.2, -0.15) is 0 Å². The lowest BCUT2D eigenvalue weighted by Crippen LogP contribution is -2.06. The van der Waals surface area contributed by atoms with E-state index in [0.717, 1.165) is 10.2 Å². The van der Waals surface area contributed by atoms with Crippen LogP contribution in [0.1, 0.15) is 68.6 Å². The van der Waals surface area contributed by atoms with E-state index in [4.69, 9.17) is 5.11 Å². The van der Waals surface area contributed by atoms with Gasteiger partial charge in [0.25, 0.3) is 0 Å². The fourth-order valence-corrected chi connectivity index (χ4v) is 4.77. The average Bonchev–Trinajstić information content (AvgIpc) is 3.40. The predicted molar refractivity (Wildman–Crippen MR) is 147 cm³/mol. The number of fused-ring (bicyclic) bond motifs is 2. The lowest BCUT2D eigenvalue weighted by atomic mass is 10.1. The van der Waals surface area contributed by atoms with Crippen molar-refractivity contribution in [1.82, 2.24) is 19.9 Å². The number of halogens is 1. The molecule has 0 aliphatic rings. The first-order valence-corrected chi connectivity index (χ1v) is 13.4. The van der Waals surface area contributed by atoms with Crippen molar-refractivity contribution in [2.75, 3.05) is 18.9 Å². The summed E-state index contributed by atoms with van der Waals surface area (Å²) in [5.74, 6) is -0.791. The maximum Gasteiger partial charge on any atom is 0.335 e. The molecule has 4 rings (SSSR count). The first-order valence-electron chi connectivity index (χ1n) is 12.6. The van der Waals surface area contributed by atoms with Gasteiger partial charge in [-0.25, -0.2) is 19.2 Å². The van der Waals surface area contributed by atoms with E-state index < -0.39 is 5.97 Å². The third-order valence-corrected chi connectivity index (χ3v) is 6.93. The van der Waals surface area contributed by atoms with E-state index in [-0.39, 0.29) is 11.4 Å². The zero-order chi connectivity index (χ0) is 25.9. The number of benzene rings is 2. The molecule has 7 nitrogen and oxygen atoms in total. The number of nitrogens with zero attached hydrogens (tertiary/aromatic N) is 3. The molecular weight excluding hydrogens is 477 g/mol. The van der Waals surface area contributed by atoms with E-state index in [0.29, 0.717) is 22.1 Å². The number of aryl methyl sites for hydroxylation is 1. The van der Waals surface area contributed by atoms with E-state index in [2.05, 4.69) is 27.5 Å². The Kier molecular flexibility index (Phi) is 10.6. The summed E-state index contributed by atoms with van der Waals surface area (Å²) < 4.78 is 15.9. The van der Waals surface area contributed by atoms with Crippen LogP contribution in [-0.4, -0.2) is 39.2 Å². The van der Waals surface area contributed by atoms with Gasteiger partial charge in [0.05, 0.1) is 26.8 Å². The largest absolute Gasteiger partial charge is 0.478 e. The highest BCUT2D eigenvalue weighted by Crippen LogP contribution is 2.29. The normalized spacial score (nSPS) is 11.0. The highest BCUT2D eigenvalue weighted by Gasteiger charge is 2.13. The van der Waals surface area contributed by atoms with Gasteiger partial charge in [0.15, 0.2) is 5.13 Å². The minimum Gasteiger partial charge on any atom is -0.478 e. The maximum absolute atomic E-state index is 13.3. The van der Waals surface area contributed by atoms with Crippen LogP contribution in [0.15, 0.2) is 36.4 Å². The summed E-state index contributed by atoms with van der Waals surface area (Å²) in [5.41, 5.74) is 2.14. The van der Waals surface area contributed by atoms with Gasteiger partial charge in [0.1, 0.15) is 5.82 Å². The van der Waals surface area contributed by atoms with E-state index >= 15 is 0 Å². The van der Waals surface area contributed by atoms with Gasteiger partial charge in [-0.1, -0.05) is 63.2 Å². The molecule has 194 valence electrons. The Balaban J connectivity index is 0.000000257. The van der Waals surface area contributed by atoms with E-state index in [1.54, 1.807) is 12.1 Å². The van der Waals surface area contributed by atoms with Crippen LogP contribution < -0.4 is 10.6 Å². The number of carbonyl (C=O) groups is 1. The Morgan fingerprint density at radius 1 is 1.00 bits per heavy atom. The fraction of sp³-hybridized carbons (Fsp3) is 0.444. The first kappa shape index (κ1) is 27.5. The number of imidazole rings is 1. The molecule has 2 heterocycles. The van der Waals surface area contributed by atoms with Crippen molar-refractivity contribution in [2.45, 2.75) is 58.3 Å². The number of anilines is 2. The molecule has 9 heteroatoms. The number of nitrogens with one attached hydrogen (secondary N) is 2. The van der Waals surface area contributed by atoms with Crippen LogP contribution in [0.5, 0.6) is 0 Å². The van der Waals surface area contributed by atoms with Gasteiger partial charge in [-0.3, -0.25) is 0 Å². The summed E-state index contributed by atoms with van der Waals surface area (Å²) in [4.78, 5) is 19.8. The molecule has 0 fully saturated rings. The fourth-order valence-electron chi connectivity index (χ4n) is 3.93. The number of carboxylic acid groups (broad SMARTS) is 1. The molecule has 0 bridgehead atoms. The molecule has 0 amide bonds. The molecule has 0 atom stereocenters. The topological polar surface area (TPSA) is 92.1 Å². The first-order chi connectivity index (χ1) is 17.4. The number of thiazole rings is 1. The minimum absolute atomic E-state index is 0.183. The Labute approximate surface area is 215 Å². The predicted octanol–water partition coefficient (Wildman–Crippen LogP) is 7.11. The number of hydrogen-bond acceptors (Lipinski definition) is 6. The monoisotopic (exact) mass is 513 g/mol. The number of hydrogen-bond donors (Lipinski definition) is 3. The van der Waals surface area contributed by atoms with Crippen molar-refractivity contribution in [3.05, 3.63) is 47.8 Å². The van der Waals surface area contributed by atoms with Crippen molar-refractivity contribution in [1.29, 1.82) is 0 Å². The van der Waals surface area contributed by atoms with Crippen molar-refractivity contribution in [2.24, 2.45) is 7.05 Å². The average molecular weight is 514 g/mol. The number of aromatic nitrogens is 3. The molecule has 2 aromatic heterocycles. The zero-order valence-corrected chi connectivity index (χ0v) is 22.1. The molecule has 36 heavy (non-hydrogen) atoms. The van der Waals surface area contributed by atoms with Crippen LogP contribution in [0.25, 0.3) is 21.3 Å². The number of aromatic carboxylic acids is 1. The van der Waals surface area contributed by atoms with Gasteiger partial charge in [0.2, 0.25) is 5.95 Å². The smallest absolute Gasteiger partial charge is 0.335 e. The summed E-state index contributed by atoms with van der Waals surface area (Å²) in [6.45, 7) is 3.46. The molecule has 0 aliphatic carbocycles. The highest BCUT2D eigenvalue weighted by molar-refractivity contribution is 7.22. The lowest BCUT2D eigenvalue weighted by Gasteiger charge is -2.02. The minimum atomic E-state index is -0.995. The second-order valence-corrected chi connectivity index (χ2v) is 9.87. The Bertz CT molecular complexity index is 1260. The summed E-state index contributed by atoms with van der Waals surface area (Å²) in [7, 11) is 3.85. The van der Waals surface area contributed by atoms with E-state index in [1.807, 2.05) is 18.7 Å². The van der Waals surface area contributed by atoms with Crippen LogP contribution >= 0.6 is 11.3 Å². The van der Waals surface area contributed by atoms with Crippen LogP contribution in [0.2, 0.25) is 0 Å². The molecule has 0 saturated carbocycles. The van der Waals surface area contributed by atoms with Crippen LogP contribution in [0, 0.1) is 5.82 Å². The summed E-state index contributed by atoms with van der Waals surface area (Å²) >= 11 is 1.39. The van der Waals surface area contributed by atoms with Gasteiger partial charge in [-0.05, 0) is 50.3 Å². The quantitative estimate of drug-likeness (QED) is 0.175. The molecule has 0 radical (unpaired) electrons. The van der Waals surface area contributed by atoms with Crippen molar-refractivity contribution in [3.63, 3.8) is 0 Å². The molecule has 0 saturated heterocycles. The molecule has 0 spiro atoms. The standard InChI is InChI=1S/C16H11FN4O2S.C11H25N/c1-21-12-4-2-8(14(22)23)6-10(12)18-15(21)20-16-19-11-7-9(17)3-5-13(11)24-16;1-3-4-5-6-7-8-9-10-11-12-2/h2-7H,1H3,(H,22,23)(H,18,19,20);12H,3-11H2,1-2H3. The Hall–Kier alpha value is -3.04. The summed E-state index contributed by atoms with van der Waals surface area (Å²) in [6.07, 6.45) is 11.3. The molecule has 4 aromatic rings. The van der Waals surface area contributed by atoms with Crippen LogP contribution in [0.3, 0.4) is 0 Å². The summed E-state index contributed by atoms with van der Waals surface area (Å²) in [6, 6.07) is 9.23. The zero-order valence-electron chi connectivity index (χ0n) is 21.3. The van der Waals surface area contributed by atoms with Gasteiger partial charge < -0.3 is 20.3 Å². The van der Waals surface area contributed by atoms with Gasteiger partial charge in [0, 0.05) is 13.1 Å². The third-order valence-electron chi connectivity index (χ3n) is 5.98. The molecular formula is C27H36FN5O2S. The van der Waals surface area contributed by atoms with Crippen LogP contribution in [0.4, 0.5) is 15.5 Å². The maximum atomic E-state index is 13.3. The van der Waals surface area contributed by atoms with Crippen molar-refractivity contribution < 1.29 is 14.3 Å². The third kappa shape index (κ3) is 7.73. The number of rotatable bonds is 12. The number of carboxylic acids is 1. The van der Waals surface area contributed by atoms with Crippen molar-refractivity contribution in [3.8, 4) is 0 Å². The summed E-state index contributed by atoms with van der Waals surface area (Å²) in [5, 5.41) is 15.9. The molecule has 0 aliphatic heterocycles. The van der Waals surface area contributed by atoms with E-state index in [1.165, 1.54) is 93.5 Å². The SMILES string of the molecule is CCCCCCCCCCNC.Cn1c(Nc2nc3cc(F)ccc3s2)nc2cc(C(=O)O)ccc21. The highest BCUT2D eigenvalue weighted by atomic mass is 32.1. The Morgan fingerprint density at radius 2 is 1.72 bits per heavy atom. The number of unbranched alkanes of at least 4 members (excludes halogenated alkanes) is 7. The van der Waals surface area contributed by atoms with Gasteiger partial charge in [-0.15, -0.1) is 0 Å². The molecule has 2 aromatic carbocycles. The second-order valence-electron chi connectivity index (χ2n) is 8.84. The van der Waals surface area contributed by atoms with Crippen molar-refractivity contribution >= 4 is 49.6 Å². The molecule has 0 unspecified atom stereocenters. The van der Waals surface area contributed by atoms with Crippen LogP contribution in [-0.2, 0) is 7.05 Å². The lowest BCUT2D eigenvalue weighted by molar-refractivity contribution is 0.0697. The Morgan fingerprint density at radius 3 is 2.42 bits per heavy atom.